The fraction of sp³-hybridized carbons (Fsp3) is 0.667. The van der Waals surface area contributed by atoms with Gasteiger partial charge in [-0.1, -0.05) is 33.0 Å². The lowest BCUT2D eigenvalue weighted by Gasteiger charge is -2.13. The van der Waals surface area contributed by atoms with E-state index in [2.05, 4.69) is 0 Å². The molecule has 0 bridgehead atoms. The molecule has 0 spiro atoms. The molecular formula is C6H10OS. The highest BCUT2D eigenvalue weighted by Crippen LogP contribution is 2.13. The van der Waals surface area contributed by atoms with Gasteiger partial charge < -0.3 is 0 Å². The molecule has 0 aliphatic rings. The molecule has 0 N–H and O–H groups in total. The first-order chi connectivity index (χ1) is 3.48. The van der Waals surface area contributed by atoms with E-state index in [9.17, 15) is 4.79 Å². The summed E-state index contributed by atoms with van der Waals surface area (Å²) in [5.74, 6) is 0. The standard InChI is InChI=1S/C6H10OS/c1-6(2,3)5(8)4-7/h4H,1-3H3. The van der Waals surface area contributed by atoms with Crippen LogP contribution in [0.5, 0.6) is 0 Å². The fourth-order valence-electron chi connectivity index (χ4n) is 0.177. The third-order valence-electron chi connectivity index (χ3n) is 0.846. The quantitative estimate of drug-likeness (QED) is 0.396. The minimum absolute atomic E-state index is 0.128. The lowest BCUT2D eigenvalue weighted by atomic mass is 9.93. The molecule has 1 nitrogen and oxygen atoms in total. The largest absolute Gasteiger partial charge is 0.297 e. The molecule has 0 heterocycles. The molecule has 0 amide bonds. The SMILES string of the molecule is CC(C)(C)C(=S)C=O. The van der Waals surface area contributed by atoms with Crippen LogP contribution in [0, 0.1) is 5.41 Å². The Morgan fingerprint density at radius 3 is 1.88 bits per heavy atom. The third-order valence-corrected chi connectivity index (χ3v) is 1.55. The van der Waals surface area contributed by atoms with Crippen LogP contribution in [0.1, 0.15) is 20.8 Å². The molecular weight excluding hydrogens is 120 g/mol. The van der Waals surface area contributed by atoms with Crippen LogP contribution in [0.25, 0.3) is 0 Å². The maximum Gasteiger partial charge on any atom is 0.157 e. The molecule has 0 aromatic rings. The van der Waals surface area contributed by atoms with Gasteiger partial charge in [0.05, 0.1) is 4.86 Å². The molecule has 46 valence electrons. The highest BCUT2D eigenvalue weighted by Gasteiger charge is 2.14. The normalized spacial score (nSPS) is 10.9. The summed E-state index contributed by atoms with van der Waals surface area (Å²) in [4.78, 5) is 10.5. The van der Waals surface area contributed by atoms with Crippen LogP contribution in [0.3, 0.4) is 0 Å². The molecule has 0 aromatic heterocycles. The van der Waals surface area contributed by atoms with Gasteiger partial charge in [-0.25, -0.2) is 0 Å². The summed E-state index contributed by atoms with van der Waals surface area (Å²) >= 11 is 4.72. The summed E-state index contributed by atoms with van der Waals surface area (Å²) in [5, 5.41) is 0. The number of hydrogen-bond acceptors (Lipinski definition) is 2. The first-order valence-corrected chi connectivity index (χ1v) is 2.89. The van der Waals surface area contributed by atoms with E-state index < -0.39 is 0 Å². The summed E-state index contributed by atoms with van der Waals surface area (Å²) in [5.41, 5.74) is -0.128. The Kier molecular flexibility index (Phi) is 2.28. The van der Waals surface area contributed by atoms with Gasteiger partial charge in [-0.05, 0) is 0 Å². The van der Waals surface area contributed by atoms with Gasteiger partial charge in [0.2, 0.25) is 0 Å². The van der Waals surface area contributed by atoms with Gasteiger partial charge in [-0.2, -0.15) is 0 Å². The zero-order valence-electron chi connectivity index (χ0n) is 5.39. The lowest BCUT2D eigenvalue weighted by Crippen LogP contribution is -2.18. The van der Waals surface area contributed by atoms with Crippen molar-refractivity contribution in [2.45, 2.75) is 20.8 Å². The first-order valence-electron chi connectivity index (χ1n) is 2.48. The van der Waals surface area contributed by atoms with Gasteiger partial charge in [0.25, 0.3) is 0 Å². The summed E-state index contributed by atoms with van der Waals surface area (Å²) in [6.07, 6.45) is 0.731. The molecule has 0 atom stereocenters. The molecule has 0 aromatic carbocycles. The molecule has 8 heavy (non-hydrogen) atoms. The van der Waals surface area contributed by atoms with E-state index in [-0.39, 0.29) is 5.41 Å². The molecule has 0 saturated heterocycles. The van der Waals surface area contributed by atoms with Gasteiger partial charge in [-0.15, -0.1) is 0 Å². The van der Waals surface area contributed by atoms with Crippen LogP contribution in [-0.4, -0.2) is 11.2 Å². The van der Waals surface area contributed by atoms with E-state index in [1.54, 1.807) is 0 Å². The monoisotopic (exact) mass is 130 g/mol. The molecule has 2 heteroatoms. The zero-order valence-corrected chi connectivity index (χ0v) is 6.21. The average molecular weight is 130 g/mol. The number of carbonyl (C=O) groups excluding carboxylic acids is 1. The summed E-state index contributed by atoms with van der Waals surface area (Å²) in [7, 11) is 0. The lowest BCUT2D eigenvalue weighted by molar-refractivity contribution is -0.102. The second kappa shape index (κ2) is 2.35. The molecule has 0 aliphatic carbocycles. The van der Waals surface area contributed by atoms with Gasteiger partial charge in [0.15, 0.2) is 6.29 Å². The molecule has 0 aliphatic heterocycles. The maximum atomic E-state index is 10.0. The number of hydrogen-bond donors (Lipinski definition) is 0. The number of thiocarbonyl (C=S) groups is 1. The van der Waals surface area contributed by atoms with E-state index in [0.29, 0.717) is 4.86 Å². The van der Waals surface area contributed by atoms with Crippen molar-refractivity contribution in [3.63, 3.8) is 0 Å². The minimum atomic E-state index is -0.128. The number of carbonyl (C=O) groups is 1. The van der Waals surface area contributed by atoms with Gasteiger partial charge in [-0.3, -0.25) is 4.79 Å². The fourth-order valence-corrected chi connectivity index (χ4v) is 0.177. The van der Waals surface area contributed by atoms with Crippen molar-refractivity contribution in [2.24, 2.45) is 5.41 Å². The second-order valence-corrected chi connectivity index (χ2v) is 3.17. The van der Waals surface area contributed by atoms with E-state index in [1.165, 1.54) is 0 Å². The predicted molar refractivity (Wildman–Crippen MR) is 38.1 cm³/mol. The van der Waals surface area contributed by atoms with Crippen molar-refractivity contribution in [1.29, 1.82) is 0 Å². The zero-order chi connectivity index (χ0) is 6.78. The Morgan fingerprint density at radius 1 is 1.50 bits per heavy atom. The van der Waals surface area contributed by atoms with Crippen molar-refractivity contribution < 1.29 is 4.79 Å². The van der Waals surface area contributed by atoms with E-state index >= 15 is 0 Å². The topological polar surface area (TPSA) is 17.1 Å². The van der Waals surface area contributed by atoms with Crippen LogP contribution < -0.4 is 0 Å². The highest BCUT2D eigenvalue weighted by molar-refractivity contribution is 7.82. The highest BCUT2D eigenvalue weighted by atomic mass is 32.1. The Morgan fingerprint density at radius 2 is 1.88 bits per heavy atom. The molecule has 0 saturated carbocycles. The number of rotatable bonds is 1. The second-order valence-electron chi connectivity index (χ2n) is 2.73. The summed E-state index contributed by atoms with van der Waals surface area (Å²) in [6.45, 7) is 5.76. The van der Waals surface area contributed by atoms with Crippen molar-refractivity contribution in [3.8, 4) is 0 Å². The maximum absolute atomic E-state index is 10.0. The van der Waals surface area contributed by atoms with E-state index in [4.69, 9.17) is 12.2 Å². The first kappa shape index (κ1) is 7.76. The third kappa shape index (κ3) is 2.17. The summed E-state index contributed by atoms with van der Waals surface area (Å²) in [6, 6.07) is 0. The van der Waals surface area contributed by atoms with Gasteiger partial charge >= 0.3 is 0 Å². The van der Waals surface area contributed by atoms with Crippen molar-refractivity contribution >= 4 is 23.4 Å². The van der Waals surface area contributed by atoms with Gasteiger partial charge in [0, 0.05) is 5.41 Å². The van der Waals surface area contributed by atoms with E-state index in [0.717, 1.165) is 6.29 Å². The van der Waals surface area contributed by atoms with E-state index in [1.807, 2.05) is 20.8 Å². The summed E-state index contributed by atoms with van der Waals surface area (Å²) < 4.78 is 0. The van der Waals surface area contributed by atoms with Crippen LogP contribution >= 0.6 is 12.2 Å². The molecule has 0 fully saturated rings. The number of aldehydes is 1. The Bertz CT molecular complexity index is 110. The Hall–Kier alpha value is -0.240. The molecule has 0 unspecified atom stereocenters. The van der Waals surface area contributed by atoms with Crippen molar-refractivity contribution in [1.82, 2.24) is 0 Å². The molecule has 0 radical (unpaired) electrons. The smallest absolute Gasteiger partial charge is 0.157 e. The minimum Gasteiger partial charge on any atom is -0.297 e. The van der Waals surface area contributed by atoms with Crippen molar-refractivity contribution in [3.05, 3.63) is 0 Å². The van der Waals surface area contributed by atoms with Crippen LogP contribution in [0.4, 0.5) is 0 Å². The van der Waals surface area contributed by atoms with Gasteiger partial charge in [0.1, 0.15) is 0 Å². The average Bonchev–Trinajstić information content (AvgIpc) is 1.62. The Balaban J connectivity index is 4.02. The predicted octanol–water partition coefficient (Wildman–Crippen LogP) is 1.60. The Labute approximate surface area is 55.1 Å². The van der Waals surface area contributed by atoms with Crippen LogP contribution in [0.2, 0.25) is 0 Å². The molecule has 0 rings (SSSR count). The van der Waals surface area contributed by atoms with Crippen LogP contribution in [-0.2, 0) is 4.79 Å². The van der Waals surface area contributed by atoms with Crippen LogP contribution in [0.15, 0.2) is 0 Å². The van der Waals surface area contributed by atoms with Crippen molar-refractivity contribution in [2.75, 3.05) is 0 Å².